The van der Waals surface area contributed by atoms with E-state index in [1.54, 1.807) is 0 Å². The second-order valence-corrected chi connectivity index (χ2v) is 5.62. The molecule has 0 aromatic carbocycles. The van der Waals surface area contributed by atoms with Crippen molar-refractivity contribution in [3.05, 3.63) is 29.6 Å². The Hall–Kier alpha value is -1.03. The van der Waals surface area contributed by atoms with Crippen LogP contribution in [0.5, 0.6) is 0 Å². The van der Waals surface area contributed by atoms with Gasteiger partial charge in [-0.15, -0.1) is 0 Å². The Morgan fingerprint density at radius 3 is 3.18 bits per heavy atom. The molecule has 0 saturated heterocycles. The highest BCUT2D eigenvalue weighted by atomic mass is 32.2. The number of aromatic nitrogens is 1. The summed E-state index contributed by atoms with van der Waals surface area (Å²) in [5, 5.41) is 5.17. The monoisotopic (exact) mass is 249 g/mol. The van der Waals surface area contributed by atoms with Crippen LogP contribution in [0.25, 0.3) is 0 Å². The average molecular weight is 249 g/mol. The molecule has 1 atom stereocenters. The Labute approximate surface area is 107 Å². The number of aryl methyl sites for hydroxylation is 1. The first kappa shape index (κ1) is 12.4. The van der Waals surface area contributed by atoms with Gasteiger partial charge in [-0.2, -0.15) is 0 Å². The van der Waals surface area contributed by atoms with Gasteiger partial charge in [-0.05, 0) is 30.5 Å². The summed E-state index contributed by atoms with van der Waals surface area (Å²) < 4.78 is 0. The van der Waals surface area contributed by atoms with Crippen molar-refractivity contribution in [1.82, 2.24) is 10.3 Å². The van der Waals surface area contributed by atoms with Crippen LogP contribution in [-0.2, 0) is 6.54 Å². The number of pyridine rings is 1. The molecule has 1 N–H and O–H groups in total. The molecule has 3 nitrogen and oxygen atoms in total. The normalized spacial score (nSPS) is 19.2. The van der Waals surface area contributed by atoms with Gasteiger partial charge >= 0.3 is 0 Å². The van der Waals surface area contributed by atoms with Gasteiger partial charge in [0.2, 0.25) is 0 Å². The maximum atomic E-state index is 4.53. The molecule has 4 heteroatoms. The average Bonchev–Trinajstić information content (AvgIpc) is 2.76. The van der Waals surface area contributed by atoms with Crippen molar-refractivity contribution in [2.75, 3.05) is 6.54 Å². The second-order valence-electron chi connectivity index (χ2n) is 4.33. The lowest BCUT2D eigenvalue weighted by molar-refractivity contribution is 0.753. The van der Waals surface area contributed by atoms with Crippen molar-refractivity contribution in [1.29, 1.82) is 0 Å². The van der Waals surface area contributed by atoms with E-state index in [0.717, 1.165) is 18.3 Å². The van der Waals surface area contributed by atoms with E-state index in [1.165, 1.54) is 24.0 Å². The predicted octanol–water partition coefficient (Wildman–Crippen LogP) is 2.75. The summed E-state index contributed by atoms with van der Waals surface area (Å²) in [6.45, 7) is 6.13. The molecule has 1 aliphatic rings. The van der Waals surface area contributed by atoms with Crippen molar-refractivity contribution in [3.63, 3.8) is 0 Å². The van der Waals surface area contributed by atoms with Gasteiger partial charge in [0, 0.05) is 24.2 Å². The van der Waals surface area contributed by atoms with Crippen LogP contribution in [-0.4, -0.2) is 21.9 Å². The van der Waals surface area contributed by atoms with E-state index >= 15 is 0 Å². The Morgan fingerprint density at radius 2 is 2.41 bits per heavy atom. The van der Waals surface area contributed by atoms with Gasteiger partial charge in [-0.3, -0.25) is 9.98 Å². The van der Waals surface area contributed by atoms with Crippen molar-refractivity contribution in [2.24, 2.45) is 4.99 Å². The molecular formula is C13H19N3S. The van der Waals surface area contributed by atoms with Crippen LogP contribution in [0.15, 0.2) is 23.5 Å². The standard InChI is InChI=1S/C13H19N3S/c1-3-4-12-9-16-13(17-12)15-8-11-7-14-6-5-10(11)2/h5-7,12H,3-4,8-9H2,1-2H3,(H,15,16). The first-order valence-corrected chi connectivity index (χ1v) is 7.02. The molecule has 0 saturated carbocycles. The maximum absolute atomic E-state index is 4.53. The number of hydrogen-bond acceptors (Lipinski definition) is 4. The van der Waals surface area contributed by atoms with Crippen LogP contribution in [0.1, 0.15) is 30.9 Å². The zero-order chi connectivity index (χ0) is 12.1. The quantitative estimate of drug-likeness (QED) is 0.891. The predicted molar refractivity (Wildman–Crippen MR) is 74.4 cm³/mol. The van der Waals surface area contributed by atoms with Crippen LogP contribution in [0.4, 0.5) is 0 Å². The Kier molecular flexibility index (Phi) is 4.42. The number of nitrogens with one attached hydrogen (secondary N) is 1. The number of aliphatic imine (C=N–C) groups is 1. The fraction of sp³-hybridized carbons (Fsp3) is 0.538. The van der Waals surface area contributed by atoms with E-state index in [0.29, 0.717) is 5.25 Å². The summed E-state index contributed by atoms with van der Waals surface area (Å²) in [6, 6.07) is 2.04. The van der Waals surface area contributed by atoms with Crippen molar-refractivity contribution in [3.8, 4) is 0 Å². The third kappa shape index (κ3) is 3.46. The van der Waals surface area contributed by atoms with Gasteiger partial charge in [-0.25, -0.2) is 0 Å². The highest BCUT2D eigenvalue weighted by Crippen LogP contribution is 2.23. The summed E-state index contributed by atoms with van der Waals surface area (Å²) in [5.74, 6) is 0. The molecule has 0 bridgehead atoms. The van der Waals surface area contributed by atoms with E-state index in [9.17, 15) is 0 Å². The van der Waals surface area contributed by atoms with Gasteiger partial charge < -0.3 is 5.32 Å². The zero-order valence-electron chi connectivity index (χ0n) is 10.4. The van der Waals surface area contributed by atoms with E-state index in [1.807, 2.05) is 30.2 Å². The summed E-state index contributed by atoms with van der Waals surface area (Å²) in [6.07, 6.45) is 6.25. The minimum atomic E-state index is 0.678. The van der Waals surface area contributed by atoms with Crippen molar-refractivity contribution in [2.45, 2.75) is 38.5 Å². The number of amidine groups is 1. The number of rotatable bonds is 4. The van der Waals surface area contributed by atoms with Crippen LogP contribution in [0, 0.1) is 6.92 Å². The Morgan fingerprint density at radius 1 is 1.53 bits per heavy atom. The number of hydrogen-bond donors (Lipinski definition) is 1. The summed E-state index contributed by atoms with van der Waals surface area (Å²) in [5.41, 5.74) is 2.52. The molecule has 1 aliphatic heterocycles. The van der Waals surface area contributed by atoms with E-state index < -0.39 is 0 Å². The Balaban J connectivity index is 1.82. The molecule has 0 fully saturated rings. The highest BCUT2D eigenvalue weighted by molar-refractivity contribution is 8.14. The topological polar surface area (TPSA) is 37.3 Å². The van der Waals surface area contributed by atoms with Crippen LogP contribution < -0.4 is 5.32 Å². The first-order chi connectivity index (χ1) is 8.29. The van der Waals surface area contributed by atoms with E-state index in [4.69, 9.17) is 0 Å². The molecule has 0 radical (unpaired) electrons. The third-order valence-corrected chi connectivity index (χ3v) is 4.12. The molecule has 1 aromatic rings. The minimum absolute atomic E-state index is 0.678. The largest absolute Gasteiger partial charge is 0.361 e. The van der Waals surface area contributed by atoms with Crippen molar-refractivity contribution >= 4 is 16.9 Å². The lowest BCUT2D eigenvalue weighted by Crippen LogP contribution is -2.19. The molecule has 0 amide bonds. The SMILES string of the molecule is CCCC1CN=C(NCc2cnccc2C)S1. The molecule has 1 aromatic heterocycles. The molecule has 92 valence electrons. The molecule has 0 spiro atoms. The van der Waals surface area contributed by atoms with Crippen LogP contribution in [0.2, 0.25) is 0 Å². The molecular weight excluding hydrogens is 230 g/mol. The highest BCUT2D eigenvalue weighted by Gasteiger charge is 2.18. The fourth-order valence-corrected chi connectivity index (χ4v) is 2.96. The second kappa shape index (κ2) is 6.05. The molecule has 0 aliphatic carbocycles. The van der Waals surface area contributed by atoms with Gasteiger partial charge in [0.15, 0.2) is 5.17 Å². The fourth-order valence-electron chi connectivity index (χ4n) is 1.84. The van der Waals surface area contributed by atoms with Crippen LogP contribution in [0.3, 0.4) is 0 Å². The summed E-state index contributed by atoms with van der Waals surface area (Å²) in [7, 11) is 0. The van der Waals surface area contributed by atoms with Gasteiger partial charge in [0.05, 0.1) is 6.54 Å². The molecule has 1 unspecified atom stereocenters. The maximum Gasteiger partial charge on any atom is 0.157 e. The Bertz CT molecular complexity index is 403. The molecule has 2 heterocycles. The first-order valence-electron chi connectivity index (χ1n) is 6.14. The van der Waals surface area contributed by atoms with Crippen molar-refractivity contribution < 1.29 is 0 Å². The van der Waals surface area contributed by atoms with Crippen LogP contribution >= 0.6 is 11.8 Å². The van der Waals surface area contributed by atoms with Gasteiger partial charge in [-0.1, -0.05) is 25.1 Å². The van der Waals surface area contributed by atoms with E-state index in [2.05, 4.69) is 29.1 Å². The number of nitrogens with zero attached hydrogens (tertiary/aromatic N) is 2. The lowest BCUT2D eigenvalue weighted by Gasteiger charge is -2.09. The van der Waals surface area contributed by atoms with Gasteiger partial charge in [0.25, 0.3) is 0 Å². The zero-order valence-corrected chi connectivity index (χ0v) is 11.3. The summed E-state index contributed by atoms with van der Waals surface area (Å²) >= 11 is 1.88. The molecule has 17 heavy (non-hydrogen) atoms. The minimum Gasteiger partial charge on any atom is -0.361 e. The number of thioether (sulfide) groups is 1. The van der Waals surface area contributed by atoms with E-state index in [-0.39, 0.29) is 0 Å². The molecule has 2 rings (SSSR count). The smallest absolute Gasteiger partial charge is 0.157 e. The third-order valence-electron chi connectivity index (χ3n) is 2.91. The lowest BCUT2D eigenvalue weighted by atomic mass is 10.2. The van der Waals surface area contributed by atoms with Gasteiger partial charge in [0.1, 0.15) is 0 Å². The summed E-state index contributed by atoms with van der Waals surface area (Å²) in [4.78, 5) is 8.68.